The first-order valence-electron chi connectivity index (χ1n) is 5.41. The molecule has 1 heterocycles. The normalized spacial score (nSPS) is 30.1. The maximum Gasteiger partial charge on any atom is 0.151 e. The molecule has 0 aromatic carbocycles. The van der Waals surface area contributed by atoms with E-state index in [9.17, 15) is 8.42 Å². The second kappa shape index (κ2) is 4.62. The van der Waals surface area contributed by atoms with Crippen LogP contribution in [0.3, 0.4) is 0 Å². The third-order valence-electron chi connectivity index (χ3n) is 3.23. The Morgan fingerprint density at radius 1 is 1.43 bits per heavy atom. The average molecular weight is 219 g/mol. The van der Waals surface area contributed by atoms with Crippen LogP contribution in [0.4, 0.5) is 0 Å². The number of rotatable bonds is 4. The van der Waals surface area contributed by atoms with Gasteiger partial charge in [-0.1, -0.05) is 20.3 Å². The first-order valence-corrected chi connectivity index (χ1v) is 7.23. The molecule has 0 bridgehead atoms. The highest BCUT2D eigenvalue weighted by Crippen LogP contribution is 2.14. The Bertz CT molecular complexity index is 274. The lowest BCUT2D eigenvalue weighted by molar-refractivity contribution is 0.359. The molecule has 3 unspecified atom stereocenters. The molecule has 0 amide bonds. The Morgan fingerprint density at radius 2 is 2.07 bits per heavy atom. The summed E-state index contributed by atoms with van der Waals surface area (Å²) in [7, 11) is -2.74. The van der Waals surface area contributed by atoms with E-state index in [0.29, 0.717) is 23.5 Å². The van der Waals surface area contributed by atoms with E-state index in [-0.39, 0.29) is 6.04 Å². The molecule has 0 aromatic heterocycles. The lowest BCUT2D eigenvalue weighted by Gasteiger charge is -2.23. The minimum atomic E-state index is -2.74. The first kappa shape index (κ1) is 12.0. The van der Waals surface area contributed by atoms with Gasteiger partial charge in [-0.05, 0) is 19.3 Å². The Labute approximate surface area is 87.2 Å². The molecule has 0 saturated carbocycles. The van der Waals surface area contributed by atoms with Crippen LogP contribution in [0.5, 0.6) is 0 Å². The number of hydrogen-bond donors (Lipinski definition) is 1. The number of nitrogens with one attached hydrogen (secondary N) is 1. The van der Waals surface area contributed by atoms with E-state index in [1.54, 1.807) is 0 Å². The van der Waals surface area contributed by atoms with Crippen LogP contribution in [0.2, 0.25) is 0 Å². The molecule has 1 saturated heterocycles. The van der Waals surface area contributed by atoms with Gasteiger partial charge >= 0.3 is 0 Å². The molecule has 1 fully saturated rings. The van der Waals surface area contributed by atoms with Crippen LogP contribution in [0.1, 0.15) is 33.6 Å². The lowest BCUT2D eigenvalue weighted by atomic mass is 10.00. The van der Waals surface area contributed by atoms with Gasteiger partial charge in [0.1, 0.15) is 0 Å². The molecule has 84 valence electrons. The topological polar surface area (TPSA) is 46.2 Å². The van der Waals surface area contributed by atoms with Crippen molar-refractivity contribution in [1.29, 1.82) is 0 Å². The maximum absolute atomic E-state index is 11.2. The molecule has 0 radical (unpaired) electrons. The van der Waals surface area contributed by atoms with Gasteiger partial charge in [-0.25, -0.2) is 8.42 Å². The zero-order chi connectivity index (χ0) is 10.8. The SMILES string of the molecule is CCC(C)C(C)NC1CCS(=O)(=O)C1. The van der Waals surface area contributed by atoms with Gasteiger partial charge < -0.3 is 5.32 Å². The van der Waals surface area contributed by atoms with Gasteiger partial charge in [0, 0.05) is 12.1 Å². The van der Waals surface area contributed by atoms with Crippen molar-refractivity contribution in [2.24, 2.45) is 5.92 Å². The van der Waals surface area contributed by atoms with Crippen molar-refractivity contribution in [2.75, 3.05) is 11.5 Å². The second-order valence-corrected chi connectivity index (χ2v) is 6.67. The largest absolute Gasteiger partial charge is 0.310 e. The standard InChI is InChI=1S/C10H21NO2S/c1-4-8(2)9(3)11-10-5-6-14(12,13)7-10/h8-11H,4-7H2,1-3H3. The molecule has 4 heteroatoms. The average Bonchev–Trinajstić information content (AvgIpc) is 2.44. The third-order valence-corrected chi connectivity index (χ3v) is 5.00. The lowest BCUT2D eigenvalue weighted by Crippen LogP contribution is -2.40. The highest BCUT2D eigenvalue weighted by Gasteiger charge is 2.29. The summed E-state index contributed by atoms with van der Waals surface area (Å²) in [5.41, 5.74) is 0. The van der Waals surface area contributed by atoms with E-state index in [4.69, 9.17) is 0 Å². The molecule has 0 aliphatic carbocycles. The fourth-order valence-corrected chi connectivity index (χ4v) is 3.50. The summed E-state index contributed by atoms with van der Waals surface area (Å²) < 4.78 is 22.4. The molecule has 3 nitrogen and oxygen atoms in total. The van der Waals surface area contributed by atoms with Crippen molar-refractivity contribution in [2.45, 2.75) is 45.7 Å². The molecule has 14 heavy (non-hydrogen) atoms. The van der Waals surface area contributed by atoms with Crippen LogP contribution < -0.4 is 5.32 Å². The molecule has 1 aliphatic rings. The van der Waals surface area contributed by atoms with Gasteiger partial charge in [0.05, 0.1) is 11.5 Å². The summed E-state index contributed by atoms with van der Waals surface area (Å²) in [4.78, 5) is 0. The molecule has 0 aromatic rings. The van der Waals surface area contributed by atoms with E-state index in [2.05, 4.69) is 26.1 Å². The summed E-state index contributed by atoms with van der Waals surface area (Å²) in [5.74, 6) is 1.30. The Balaban J connectivity index is 2.39. The smallest absolute Gasteiger partial charge is 0.151 e. The molecular formula is C10H21NO2S. The number of hydrogen-bond acceptors (Lipinski definition) is 3. The van der Waals surface area contributed by atoms with Gasteiger partial charge in [0.15, 0.2) is 9.84 Å². The zero-order valence-corrected chi connectivity index (χ0v) is 10.1. The van der Waals surface area contributed by atoms with Crippen molar-refractivity contribution in [1.82, 2.24) is 5.32 Å². The zero-order valence-electron chi connectivity index (χ0n) is 9.29. The van der Waals surface area contributed by atoms with Gasteiger partial charge in [0.2, 0.25) is 0 Å². The van der Waals surface area contributed by atoms with Crippen LogP contribution in [-0.2, 0) is 9.84 Å². The van der Waals surface area contributed by atoms with Crippen molar-refractivity contribution in [3.63, 3.8) is 0 Å². The van der Waals surface area contributed by atoms with Crippen LogP contribution in [0, 0.1) is 5.92 Å². The van der Waals surface area contributed by atoms with Crippen LogP contribution in [0.15, 0.2) is 0 Å². The summed E-state index contributed by atoms with van der Waals surface area (Å²) in [6, 6.07) is 0.599. The van der Waals surface area contributed by atoms with Crippen molar-refractivity contribution < 1.29 is 8.42 Å². The second-order valence-electron chi connectivity index (χ2n) is 4.44. The summed E-state index contributed by atoms with van der Waals surface area (Å²) in [5, 5.41) is 3.41. The quantitative estimate of drug-likeness (QED) is 0.773. The molecule has 1 aliphatic heterocycles. The highest BCUT2D eigenvalue weighted by atomic mass is 32.2. The first-order chi connectivity index (χ1) is 6.44. The minimum absolute atomic E-state index is 0.184. The van der Waals surface area contributed by atoms with Gasteiger partial charge in [0.25, 0.3) is 0 Å². The molecule has 0 spiro atoms. The summed E-state index contributed by atoms with van der Waals surface area (Å²) in [6.45, 7) is 6.49. The molecule has 1 rings (SSSR count). The highest BCUT2D eigenvalue weighted by molar-refractivity contribution is 7.91. The van der Waals surface area contributed by atoms with E-state index < -0.39 is 9.84 Å². The van der Waals surface area contributed by atoms with Gasteiger partial charge in [-0.3, -0.25) is 0 Å². The Hall–Kier alpha value is -0.0900. The van der Waals surface area contributed by atoms with E-state index in [0.717, 1.165) is 12.8 Å². The predicted molar refractivity (Wildman–Crippen MR) is 59.1 cm³/mol. The Kier molecular flexibility index (Phi) is 3.95. The van der Waals surface area contributed by atoms with Gasteiger partial charge in [-0.15, -0.1) is 0 Å². The predicted octanol–water partition coefficient (Wildman–Crippen LogP) is 1.20. The van der Waals surface area contributed by atoms with Crippen LogP contribution in [-0.4, -0.2) is 32.0 Å². The molecular weight excluding hydrogens is 198 g/mol. The Morgan fingerprint density at radius 3 is 2.50 bits per heavy atom. The van der Waals surface area contributed by atoms with Crippen molar-refractivity contribution >= 4 is 9.84 Å². The maximum atomic E-state index is 11.2. The van der Waals surface area contributed by atoms with Crippen LogP contribution in [0.25, 0.3) is 0 Å². The fraction of sp³-hybridized carbons (Fsp3) is 1.00. The third kappa shape index (κ3) is 3.24. The van der Waals surface area contributed by atoms with E-state index in [1.807, 2.05) is 0 Å². The molecule has 1 N–H and O–H groups in total. The van der Waals surface area contributed by atoms with E-state index >= 15 is 0 Å². The van der Waals surface area contributed by atoms with Crippen LogP contribution >= 0.6 is 0 Å². The monoisotopic (exact) mass is 219 g/mol. The van der Waals surface area contributed by atoms with Crippen molar-refractivity contribution in [3.05, 3.63) is 0 Å². The van der Waals surface area contributed by atoms with Crippen molar-refractivity contribution in [3.8, 4) is 0 Å². The van der Waals surface area contributed by atoms with E-state index in [1.165, 1.54) is 0 Å². The number of sulfone groups is 1. The van der Waals surface area contributed by atoms with Gasteiger partial charge in [-0.2, -0.15) is 0 Å². The fourth-order valence-electron chi connectivity index (χ4n) is 1.82. The molecule has 3 atom stereocenters. The summed E-state index contributed by atoms with van der Waals surface area (Å²) in [6.07, 6.45) is 1.91. The minimum Gasteiger partial charge on any atom is -0.310 e. The summed E-state index contributed by atoms with van der Waals surface area (Å²) >= 11 is 0.